The summed E-state index contributed by atoms with van der Waals surface area (Å²) < 4.78 is 4.67. The molecule has 1 heterocycles. The van der Waals surface area contributed by atoms with Gasteiger partial charge in [0.1, 0.15) is 0 Å². The molecule has 0 aliphatic heterocycles. The van der Waals surface area contributed by atoms with Gasteiger partial charge in [-0.15, -0.1) is 0 Å². The fourth-order valence-corrected chi connectivity index (χ4v) is 1.57. The van der Waals surface area contributed by atoms with Crippen LogP contribution in [0.4, 0.5) is 0 Å². The molecule has 3 heteroatoms. The van der Waals surface area contributed by atoms with Crippen molar-refractivity contribution in [2.75, 3.05) is 7.11 Å². The second kappa shape index (κ2) is 3.17. The predicted octanol–water partition coefficient (Wildman–Crippen LogP) is 1.36. The first-order chi connectivity index (χ1) is 6.33. The minimum atomic E-state index is -0.103. The lowest BCUT2D eigenvalue weighted by Crippen LogP contribution is -2.03. The van der Waals surface area contributed by atoms with Crippen molar-refractivity contribution in [1.82, 2.24) is 4.98 Å². The Balaban J connectivity index is 2.04. The van der Waals surface area contributed by atoms with Gasteiger partial charge in [-0.25, -0.2) is 0 Å². The van der Waals surface area contributed by atoms with Gasteiger partial charge in [0.05, 0.1) is 13.0 Å². The minimum Gasteiger partial charge on any atom is -0.469 e. The molecule has 13 heavy (non-hydrogen) atoms. The number of carbonyl (C=O) groups excluding carboxylic acids is 1. The third-order valence-corrected chi connectivity index (χ3v) is 2.41. The van der Waals surface area contributed by atoms with E-state index in [9.17, 15) is 4.79 Å². The summed E-state index contributed by atoms with van der Waals surface area (Å²) in [5, 5.41) is 0. The Labute approximate surface area is 76.7 Å². The Bertz CT molecular complexity index is 310. The highest BCUT2D eigenvalue weighted by molar-refractivity contribution is 5.77. The molecule has 2 atom stereocenters. The number of ether oxygens (including phenoxy) is 1. The average Bonchev–Trinajstić information content (AvgIpc) is 2.98. The Morgan fingerprint density at radius 1 is 1.69 bits per heavy atom. The van der Waals surface area contributed by atoms with Crippen molar-refractivity contribution in [1.29, 1.82) is 0 Å². The van der Waals surface area contributed by atoms with Crippen molar-refractivity contribution in [3.8, 4) is 0 Å². The molecule has 1 saturated carbocycles. The summed E-state index contributed by atoms with van der Waals surface area (Å²) >= 11 is 0. The lowest BCUT2D eigenvalue weighted by molar-refractivity contribution is -0.142. The smallest absolute Gasteiger partial charge is 0.309 e. The van der Waals surface area contributed by atoms with E-state index in [1.165, 1.54) is 7.11 Å². The number of carbonyl (C=O) groups is 1. The van der Waals surface area contributed by atoms with E-state index >= 15 is 0 Å². The van der Waals surface area contributed by atoms with E-state index in [0.717, 1.165) is 12.0 Å². The molecular formula is C10H11NO2. The molecule has 0 spiro atoms. The zero-order valence-electron chi connectivity index (χ0n) is 7.43. The quantitative estimate of drug-likeness (QED) is 0.640. The van der Waals surface area contributed by atoms with Crippen LogP contribution in [0.2, 0.25) is 0 Å². The number of hydrogen-bond donors (Lipinski definition) is 0. The summed E-state index contributed by atoms with van der Waals surface area (Å²) in [7, 11) is 1.43. The van der Waals surface area contributed by atoms with Crippen molar-refractivity contribution in [2.45, 2.75) is 12.3 Å². The minimum absolute atomic E-state index is 0.0641. The van der Waals surface area contributed by atoms with E-state index in [4.69, 9.17) is 0 Å². The van der Waals surface area contributed by atoms with E-state index in [1.54, 1.807) is 6.20 Å². The van der Waals surface area contributed by atoms with Crippen LogP contribution >= 0.6 is 0 Å². The molecule has 0 radical (unpaired) electrons. The topological polar surface area (TPSA) is 39.2 Å². The van der Waals surface area contributed by atoms with E-state index in [0.29, 0.717) is 5.92 Å². The van der Waals surface area contributed by atoms with Crippen molar-refractivity contribution in [3.05, 3.63) is 30.1 Å². The fraction of sp³-hybridized carbons (Fsp3) is 0.400. The molecule has 0 aromatic carbocycles. The van der Waals surface area contributed by atoms with Crippen LogP contribution in [0.3, 0.4) is 0 Å². The van der Waals surface area contributed by atoms with Crippen LogP contribution in [-0.2, 0) is 9.53 Å². The van der Waals surface area contributed by atoms with Crippen LogP contribution in [0.25, 0.3) is 0 Å². The Kier molecular flexibility index (Phi) is 2.00. The Morgan fingerprint density at radius 3 is 3.15 bits per heavy atom. The monoisotopic (exact) mass is 177 g/mol. The molecule has 0 saturated heterocycles. The second-order valence-corrected chi connectivity index (χ2v) is 3.26. The molecule has 1 aromatic heterocycles. The molecule has 0 bridgehead atoms. The van der Waals surface area contributed by atoms with Crippen LogP contribution in [0.1, 0.15) is 17.9 Å². The SMILES string of the molecule is COC(=O)C1CC1c1cccnc1. The standard InChI is InChI=1S/C10H11NO2/c1-13-10(12)9-5-8(9)7-3-2-4-11-6-7/h2-4,6,8-9H,5H2,1H3. The zero-order chi connectivity index (χ0) is 9.26. The third-order valence-electron chi connectivity index (χ3n) is 2.41. The molecule has 2 rings (SSSR count). The molecule has 3 nitrogen and oxygen atoms in total. The summed E-state index contributed by atoms with van der Waals surface area (Å²) in [6.45, 7) is 0. The van der Waals surface area contributed by atoms with Crippen molar-refractivity contribution in [3.63, 3.8) is 0 Å². The number of hydrogen-bond acceptors (Lipinski definition) is 3. The highest BCUT2D eigenvalue weighted by Gasteiger charge is 2.44. The van der Waals surface area contributed by atoms with E-state index in [-0.39, 0.29) is 11.9 Å². The maximum absolute atomic E-state index is 11.1. The summed E-state index contributed by atoms with van der Waals surface area (Å²) in [6, 6.07) is 3.89. The highest BCUT2D eigenvalue weighted by Crippen LogP contribution is 2.47. The third kappa shape index (κ3) is 1.54. The van der Waals surface area contributed by atoms with Gasteiger partial charge in [-0.3, -0.25) is 9.78 Å². The van der Waals surface area contributed by atoms with E-state index < -0.39 is 0 Å². The number of pyridine rings is 1. The summed E-state index contributed by atoms with van der Waals surface area (Å²) in [5.74, 6) is 0.296. The summed E-state index contributed by atoms with van der Waals surface area (Å²) in [4.78, 5) is 15.1. The number of methoxy groups -OCH3 is 1. The van der Waals surface area contributed by atoms with Crippen molar-refractivity contribution in [2.24, 2.45) is 5.92 Å². The van der Waals surface area contributed by atoms with Crippen LogP contribution < -0.4 is 0 Å². The molecule has 68 valence electrons. The van der Waals surface area contributed by atoms with E-state index in [1.807, 2.05) is 18.3 Å². The highest BCUT2D eigenvalue weighted by atomic mass is 16.5. The van der Waals surface area contributed by atoms with Gasteiger partial charge in [-0.05, 0) is 24.0 Å². The lowest BCUT2D eigenvalue weighted by atomic mass is 10.1. The largest absolute Gasteiger partial charge is 0.469 e. The van der Waals surface area contributed by atoms with Gasteiger partial charge in [-0.2, -0.15) is 0 Å². The molecule has 0 amide bonds. The van der Waals surface area contributed by atoms with Gasteiger partial charge in [0, 0.05) is 12.4 Å². The predicted molar refractivity (Wildman–Crippen MR) is 47.1 cm³/mol. The second-order valence-electron chi connectivity index (χ2n) is 3.26. The van der Waals surface area contributed by atoms with Crippen LogP contribution in [0.5, 0.6) is 0 Å². The van der Waals surface area contributed by atoms with Gasteiger partial charge >= 0.3 is 5.97 Å². The molecule has 1 aromatic rings. The maximum Gasteiger partial charge on any atom is 0.309 e. The first kappa shape index (κ1) is 8.23. The van der Waals surface area contributed by atoms with Crippen LogP contribution in [0.15, 0.2) is 24.5 Å². The first-order valence-corrected chi connectivity index (χ1v) is 4.30. The zero-order valence-corrected chi connectivity index (χ0v) is 7.43. The van der Waals surface area contributed by atoms with E-state index in [2.05, 4.69) is 9.72 Å². The van der Waals surface area contributed by atoms with Crippen LogP contribution in [0, 0.1) is 5.92 Å². The maximum atomic E-state index is 11.1. The molecular weight excluding hydrogens is 166 g/mol. The Morgan fingerprint density at radius 2 is 2.54 bits per heavy atom. The van der Waals surface area contributed by atoms with Gasteiger partial charge in [0.25, 0.3) is 0 Å². The number of aromatic nitrogens is 1. The number of nitrogens with zero attached hydrogens (tertiary/aromatic N) is 1. The average molecular weight is 177 g/mol. The molecule has 1 aliphatic carbocycles. The van der Waals surface area contributed by atoms with Gasteiger partial charge < -0.3 is 4.74 Å². The van der Waals surface area contributed by atoms with Crippen molar-refractivity contribution >= 4 is 5.97 Å². The van der Waals surface area contributed by atoms with Crippen molar-refractivity contribution < 1.29 is 9.53 Å². The van der Waals surface area contributed by atoms with Crippen LogP contribution in [-0.4, -0.2) is 18.1 Å². The lowest BCUT2D eigenvalue weighted by Gasteiger charge is -1.97. The normalized spacial score (nSPS) is 25.3. The van der Waals surface area contributed by atoms with Gasteiger partial charge in [0.2, 0.25) is 0 Å². The Hall–Kier alpha value is -1.38. The number of esters is 1. The molecule has 1 fully saturated rings. The summed E-state index contributed by atoms with van der Waals surface area (Å²) in [6.07, 6.45) is 4.45. The molecule has 0 N–H and O–H groups in total. The summed E-state index contributed by atoms with van der Waals surface area (Å²) in [5.41, 5.74) is 1.14. The fourth-order valence-electron chi connectivity index (χ4n) is 1.57. The number of rotatable bonds is 2. The molecule has 1 aliphatic rings. The molecule has 2 unspecified atom stereocenters. The van der Waals surface area contributed by atoms with Gasteiger partial charge in [-0.1, -0.05) is 6.07 Å². The van der Waals surface area contributed by atoms with Gasteiger partial charge in [0.15, 0.2) is 0 Å². The first-order valence-electron chi connectivity index (χ1n) is 4.30.